The highest BCUT2D eigenvalue weighted by Gasteiger charge is 2.22. The number of nitrogens with zero attached hydrogens (tertiary/aromatic N) is 5. The molecule has 0 bridgehead atoms. The highest BCUT2D eigenvalue weighted by Crippen LogP contribution is 2.32. The average molecular weight is 531 g/mol. The second kappa shape index (κ2) is 11.9. The number of nitrogens with one attached hydrogen (secondary N) is 2. The number of benzene rings is 1. The van der Waals surface area contributed by atoms with E-state index in [-0.39, 0.29) is 18.9 Å². The van der Waals surface area contributed by atoms with Crippen LogP contribution in [0, 0.1) is 0 Å². The van der Waals surface area contributed by atoms with E-state index in [1.165, 1.54) is 0 Å². The van der Waals surface area contributed by atoms with E-state index in [1.807, 2.05) is 31.2 Å². The van der Waals surface area contributed by atoms with Crippen LogP contribution in [-0.2, 0) is 22.6 Å². The summed E-state index contributed by atoms with van der Waals surface area (Å²) in [6, 6.07) is 5.75. The van der Waals surface area contributed by atoms with Gasteiger partial charge in [-0.3, -0.25) is 9.89 Å². The number of hydrogen-bond acceptors (Lipinski definition) is 8. The van der Waals surface area contributed by atoms with Gasteiger partial charge in [0.2, 0.25) is 0 Å². The van der Waals surface area contributed by atoms with Crippen LogP contribution in [0.3, 0.4) is 0 Å². The van der Waals surface area contributed by atoms with Crippen LogP contribution in [0.5, 0.6) is 0 Å². The number of hydrogen-bond donors (Lipinski definition) is 3. The summed E-state index contributed by atoms with van der Waals surface area (Å²) in [6.45, 7) is 8.67. The molecule has 1 aliphatic heterocycles. The second-order valence-corrected chi connectivity index (χ2v) is 10.3. The second-order valence-electron chi connectivity index (χ2n) is 10.3. The molecule has 0 unspecified atom stereocenters. The fourth-order valence-corrected chi connectivity index (χ4v) is 4.08. The lowest BCUT2D eigenvalue weighted by Gasteiger charge is -2.23. The SMILES string of the molecule is CCCN(Cc1cn[nH]c1)C(=O)C1=Cc2ccc(-c3cnc(CNC(=O)OC(C)(C)C)nc3)cc2N=C(N)C1. The molecule has 0 atom stereocenters. The van der Waals surface area contributed by atoms with Crippen LogP contribution in [0.2, 0.25) is 0 Å². The summed E-state index contributed by atoms with van der Waals surface area (Å²) in [5.74, 6) is 0.752. The van der Waals surface area contributed by atoms with Gasteiger partial charge < -0.3 is 20.7 Å². The number of alkyl carbamates (subject to hydrolysis) is 1. The van der Waals surface area contributed by atoms with E-state index in [1.54, 1.807) is 50.5 Å². The molecule has 3 aromatic rings. The van der Waals surface area contributed by atoms with Crippen molar-refractivity contribution in [2.75, 3.05) is 6.54 Å². The van der Waals surface area contributed by atoms with Crippen molar-refractivity contribution in [3.8, 4) is 11.1 Å². The van der Waals surface area contributed by atoms with Gasteiger partial charge >= 0.3 is 6.09 Å². The third kappa shape index (κ3) is 7.50. The molecule has 3 heterocycles. The van der Waals surface area contributed by atoms with Gasteiger partial charge in [-0.05, 0) is 44.9 Å². The lowest BCUT2D eigenvalue weighted by Crippen LogP contribution is -2.33. The molecule has 11 heteroatoms. The van der Waals surface area contributed by atoms with E-state index in [4.69, 9.17) is 10.5 Å². The first-order valence-corrected chi connectivity index (χ1v) is 12.8. The summed E-state index contributed by atoms with van der Waals surface area (Å²) in [4.78, 5) is 40.5. The first kappa shape index (κ1) is 27.5. The third-order valence-electron chi connectivity index (χ3n) is 5.81. The Bertz CT molecular complexity index is 1370. The van der Waals surface area contributed by atoms with Gasteiger partial charge in [-0.1, -0.05) is 19.1 Å². The molecule has 4 N–H and O–H groups in total. The van der Waals surface area contributed by atoms with E-state index in [9.17, 15) is 9.59 Å². The zero-order valence-corrected chi connectivity index (χ0v) is 22.7. The minimum Gasteiger partial charge on any atom is -0.444 e. The number of aliphatic imine (C=N–C) groups is 1. The Balaban J connectivity index is 1.50. The first-order chi connectivity index (χ1) is 18.6. The predicted octanol–water partition coefficient (Wildman–Crippen LogP) is 4.11. The summed E-state index contributed by atoms with van der Waals surface area (Å²) >= 11 is 0. The molecule has 0 spiro atoms. The molecule has 0 saturated carbocycles. The highest BCUT2D eigenvalue weighted by atomic mass is 16.6. The number of fused-ring (bicyclic) bond motifs is 1. The Kier molecular flexibility index (Phi) is 8.38. The van der Waals surface area contributed by atoms with Crippen molar-refractivity contribution >= 4 is 29.6 Å². The van der Waals surface area contributed by atoms with Crippen molar-refractivity contribution in [1.82, 2.24) is 30.4 Å². The fourth-order valence-electron chi connectivity index (χ4n) is 4.08. The van der Waals surface area contributed by atoms with E-state index < -0.39 is 11.7 Å². The summed E-state index contributed by atoms with van der Waals surface area (Å²) in [7, 11) is 0. The van der Waals surface area contributed by atoms with E-state index in [0.717, 1.165) is 28.7 Å². The molecule has 2 amide bonds. The topological polar surface area (TPSA) is 151 Å². The van der Waals surface area contributed by atoms with Gasteiger partial charge in [-0.25, -0.2) is 19.8 Å². The summed E-state index contributed by atoms with van der Waals surface area (Å²) < 4.78 is 5.23. The number of ether oxygens (including phenoxy) is 1. The molecule has 1 aliphatic rings. The molecule has 39 heavy (non-hydrogen) atoms. The molecule has 0 saturated heterocycles. The van der Waals surface area contributed by atoms with Crippen LogP contribution < -0.4 is 11.1 Å². The van der Waals surface area contributed by atoms with Crippen molar-refractivity contribution in [2.45, 2.75) is 59.2 Å². The van der Waals surface area contributed by atoms with Gasteiger partial charge in [0.1, 0.15) is 17.3 Å². The van der Waals surface area contributed by atoms with Crippen LogP contribution in [-0.4, -0.2) is 55.0 Å². The Hall–Kier alpha value is -4.54. The molecule has 2 aromatic heterocycles. The van der Waals surface area contributed by atoms with Gasteiger partial charge in [0.25, 0.3) is 5.91 Å². The standard InChI is InChI=1S/C28H34N8O3/c1-5-8-36(17-18-12-33-34-13-18)26(37)21-9-20-7-6-19(10-23(20)35-24(29)11-21)22-14-30-25(31-15-22)16-32-27(38)39-28(2,3)4/h6-7,9-10,12-15H,5,8,11,16-17H2,1-4H3,(H2,29,35)(H,32,38)(H,33,34). The van der Waals surface area contributed by atoms with Gasteiger partial charge in [0, 0.05) is 60.4 Å². The molecule has 4 rings (SSSR count). The zero-order valence-electron chi connectivity index (χ0n) is 22.7. The van der Waals surface area contributed by atoms with Gasteiger partial charge in [0.15, 0.2) is 0 Å². The molecular weight excluding hydrogens is 496 g/mol. The van der Waals surface area contributed by atoms with Gasteiger partial charge in [-0.2, -0.15) is 5.10 Å². The number of H-pyrrole nitrogens is 1. The number of carbonyl (C=O) groups excluding carboxylic acids is 2. The monoisotopic (exact) mass is 530 g/mol. The van der Waals surface area contributed by atoms with Crippen LogP contribution in [0.4, 0.5) is 10.5 Å². The van der Waals surface area contributed by atoms with Crippen molar-refractivity contribution in [2.24, 2.45) is 10.7 Å². The quantitative estimate of drug-likeness (QED) is 0.396. The molecule has 0 fully saturated rings. The Labute approximate surface area is 227 Å². The lowest BCUT2D eigenvalue weighted by molar-refractivity contribution is -0.127. The number of amides is 2. The maximum absolute atomic E-state index is 13.5. The van der Waals surface area contributed by atoms with Crippen molar-refractivity contribution in [1.29, 1.82) is 0 Å². The summed E-state index contributed by atoms with van der Waals surface area (Å²) in [5.41, 5.74) is 10.3. The van der Waals surface area contributed by atoms with Gasteiger partial charge in [-0.15, -0.1) is 0 Å². The van der Waals surface area contributed by atoms with Crippen LogP contribution in [0.15, 0.2) is 53.6 Å². The number of rotatable bonds is 8. The number of aromatic amines is 1. The highest BCUT2D eigenvalue weighted by molar-refractivity contribution is 6.05. The fraction of sp³-hybridized carbons (Fsp3) is 0.357. The minimum atomic E-state index is -0.579. The zero-order chi connectivity index (χ0) is 28.0. The number of carbonyl (C=O) groups is 2. The molecule has 0 radical (unpaired) electrons. The molecule has 1 aromatic carbocycles. The normalized spacial score (nSPS) is 13.0. The van der Waals surface area contributed by atoms with Gasteiger partial charge in [0.05, 0.1) is 18.4 Å². The maximum Gasteiger partial charge on any atom is 0.408 e. The summed E-state index contributed by atoms with van der Waals surface area (Å²) in [5, 5.41) is 9.42. The molecule has 0 aliphatic carbocycles. The lowest BCUT2D eigenvalue weighted by atomic mass is 10.0. The average Bonchev–Trinajstić information content (AvgIpc) is 3.33. The van der Waals surface area contributed by atoms with Crippen LogP contribution in [0.25, 0.3) is 17.2 Å². The van der Waals surface area contributed by atoms with Crippen LogP contribution in [0.1, 0.15) is 57.5 Å². The maximum atomic E-state index is 13.5. The van der Waals surface area contributed by atoms with Crippen molar-refractivity contribution in [3.05, 3.63) is 65.5 Å². The number of aromatic nitrogens is 4. The Morgan fingerprint density at radius 1 is 1.15 bits per heavy atom. The van der Waals surface area contributed by atoms with Crippen LogP contribution >= 0.6 is 0 Å². The van der Waals surface area contributed by atoms with E-state index >= 15 is 0 Å². The van der Waals surface area contributed by atoms with Crippen molar-refractivity contribution in [3.63, 3.8) is 0 Å². The third-order valence-corrected chi connectivity index (χ3v) is 5.81. The number of amidine groups is 1. The van der Waals surface area contributed by atoms with Crippen molar-refractivity contribution < 1.29 is 14.3 Å². The smallest absolute Gasteiger partial charge is 0.408 e. The predicted molar refractivity (Wildman–Crippen MR) is 149 cm³/mol. The largest absolute Gasteiger partial charge is 0.444 e. The molecule has 11 nitrogen and oxygen atoms in total. The number of nitrogens with two attached hydrogens (primary N) is 1. The minimum absolute atomic E-state index is 0.0721. The molecular formula is C28H34N8O3. The Morgan fingerprint density at radius 3 is 2.59 bits per heavy atom. The van der Waals surface area contributed by atoms with E-state index in [2.05, 4.69) is 30.5 Å². The summed E-state index contributed by atoms with van der Waals surface area (Å²) in [6.07, 6.45) is 9.32. The molecule has 204 valence electrons. The van der Waals surface area contributed by atoms with E-state index in [0.29, 0.717) is 36.0 Å². The Morgan fingerprint density at radius 2 is 1.92 bits per heavy atom. The first-order valence-electron chi connectivity index (χ1n) is 12.8.